The molecule has 1 aromatic carbocycles. The standard InChI is InChI=1S/C14H19ClO/c1-14(2)7-6-11(9-14)13(16)10-4-3-5-12(15)8-10/h3-5,8,11,13,16H,6-7,9H2,1-2H3/t11-,13+/m0/s1. The number of aliphatic hydroxyl groups excluding tert-OH is 1. The van der Waals surface area contributed by atoms with Gasteiger partial charge in [0.1, 0.15) is 0 Å². The fourth-order valence-electron chi connectivity index (χ4n) is 2.72. The summed E-state index contributed by atoms with van der Waals surface area (Å²) in [6.07, 6.45) is 3.05. The van der Waals surface area contributed by atoms with Gasteiger partial charge in [-0.05, 0) is 48.3 Å². The molecule has 0 bridgehead atoms. The molecule has 88 valence electrons. The van der Waals surface area contributed by atoms with Crippen LogP contribution in [0.25, 0.3) is 0 Å². The second kappa shape index (κ2) is 4.38. The SMILES string of the molecule is CC1(C)CC[C@H]([C@H](O)c2cccc(Cl)c2)C1. The largest absolute Gasteiger partial charge is 0.388 e. The van der Waals surface area contributed by atoms with E-state index in [4.69, 9.17) is 11.6 Å². The van der Waals surface area contributed by atoms with Crippen molar-refractivity contribution in [2.24, 2.45) is 11.3 Å². The first-order valence-electron chi connectivity index (χ1n) is 5.91. The zero-order valence-electron chi connectivity index (χ0n) is 9.91. The highest BCUT2D eigenvalue weighted by molar-refractivity contribution is 6.30. The first-order chi connectivity index (χ1) is 7.48. The Morgan fingerprint density at radius 2 is 2.19 bits per heavy atom. The van der Waals surface area contributed by atoms with E-state index in [9.17, 15) is 5.11 Å². The molecule has 0 unspecified atom stereocenters. The molecule has 1 aliphatic carbocycles. The fraction of sp³-hybridized carbons (Fsp3) is 0.571. The van der Waals surface area contributed by atoms with Gasteiger partial charge in [-0.25, -0.2) is 0 Å². The second-order valence-electron chi connectivity index (χ2n) is 5.67. The zero-order chi connectivity index (χ0) is 11.8. The van der Waals surface area contributed by atoms with Crippen LogP contribution in [0, 0.1) is 11.3 Å². The molecule has 1 nitrogen and oxygen atoms in total. The lowest BCUT2D eigenvalue weighted by Crippen LogP contribution is -2.12. The Hall–Kier alpha value is -0.530. The van der Waals surface area contributed by atoms with Gasteiger partial charge in [-0.1, -0.05) is 37.6 Å². The van der Waals surface area contributed by atoms with Crippen molar-refractivity contribution in [3.05, 3.63) is 34.9 Å². The number of rotatable bonds is 2. The average molecular weight is 239 g/mol. The third-order valence-corrected chi connectivity index (χ3v) is 3.88. The fourth-order valence-corrected chi connectivity index (χ4v) is 2.92. The molecule has 1 N–H and O–H groups in total. The summed E-state index contributed by atoms with van der Waals surface area (Å²) < 4.78 is 0. The summed E-state index contributed by atoms with van der Waals surface area (Å²) in [7, 11) is 0. The third-order valence-electron chi connectivity index (χ3n) is 3.64. The van der Waals surface area contributed by atoms with Crippen LogP contribution in [0.3, 0.4) is 0 Å². The Morgan fingerprint density at radius 3 is 2.75 bits per heavy atom. The highest BCUT2D eigenvalue weighted by atomic mass is 35.5. The van der Waals surface area contributed by atoms with Gasteiger partial charge in [-0.15, -0.1) is 0 Å². The highest BCUT2D eigenvalue weighted by Crippen LogP contribution is 2.46. The van der Waals surface area contributed by atoms with Crippen molar-refractivity contribution in [1.29, 1.82) is 0 Å². The minimum atomic E-state index is -0.361. The van der Waals surface area contributed by atoms with E-state index in [2.05, 4.69) is 13.8 Å². The molecule has 0 aromatic heterocycles. The van der Waals surface area contributed by atoms with E-state index in [1.807, 2.05) is 24.3 Å². The van der Waals surface area contributed by atoms with E-state index in [1.165, 1.54) is 6.42 Å². The Kier molecular flexibility index (Phi) is 3.27. The number of hydrogen-bond donors (Lipinski definition) is 1. The van der Waals surface area contributed by atoms with E-state index >= 15 is 0 Å². The molecular formula is C14H19ClO. The molecule has 2 heteroatoms. The Balaban J connectivity index is 2.11. The Morgan fingerprint density at radius 1 is 1.44 bits per heavy atom. The van der Waals surface area contributed by atoms with Crippen LogP contribution < -0.4 is 0 Å². The first-order valence-corrected chi connectivity index (χ1v) is 6.29. The Bertz CT molecular complexity index is 373. The van der Waals surface area contributed by atoms with Crippen molar-refractivity contribution < 1.29 is 5.11 Å². The minimum absolute atomic E-state index is 0.361. The van der Waals surface area contributed by atoms with Crippen molar-refractivity contribution >= 4 is 11.6 Å². The molecule has 2 atom stereocenters. The van der Waals surface area contributed by atoms with Crippen LogP contribution in [0.5, 0.6) is 0 Å². The summed E-state index contributed by atoms with van der Waals surface area (Å²) in [6, 6.07) is 7.58. The van der Waals surface area contributed by atoms with E-state index in [1.54, 1.807) is 0 Å². The lowest BCUT2D eigenvalue weighted by atomic mass is 9.87. The molecule has 0 radical (unpaired) electrons. The van der Waals surface area contributed by atoms with Gasteiger partial charge in [0.2, 0.25) is 0 Å². The summed E-state index contributed by atoms with van der Waals surface area (Å²) >= 11 is 5.94. The molecule has 0 heterocycles. The van der Waals surface area contributed by atoms with E-state index in [-0.39, 0.29) is 6.10 Å². The number of halogens is 1. The lowest BCUT2D eigenvalue weighted by molar-refractivity contribution is 0.105. The normalized spacial score (nSPS) is 25.6. The van der Waals surface area contributed by atoms with Gasteiger partial charge in [0, 0.05) is 5.02 Å². The number of benzene rings is 1. The maximum absolute atomic E-state index is 10.3. The molecule has 0 amide bonds. The molecule has 1 aromatic rings. The van der Waals surface area contributed by atoms with Gasteiger partial charge in [0.05, 0.1) is 6.10 Å². The van der Waals surface area contributed by atoms with Crippen molar-refractivity contribution in [1.82, 2.24) is 0 Å². The van der Waals surface area contributed by atoms with Crippen LogP contribution in [-0.2, 0) is 0 Å². The van der Waals surface area contributed by atoms with E-state index in [0.717, 1.165) is 18.4 Å². The molecule has 1 aliphatic rings. The third kappa shape index (κ3) is 2.58. The van der Waals surface area contributed by atoms with Gasteiger partial charge in [0.25, 0.3) is 0 Å². The van der Waals surface area contributed by atoms with Gasteiger partial charge in [0.15, 0.2) is 0 Å². The van der Waals surface area contributed by atoms with Crippen molar-refractivity contribution in [3.63, 3.8) is 0 Å². The molecule has 0 aliphatic heterocycles. The molecule has 0 saturated heterocycles. The summed E-state index contributed by atoms with van der Waals surface area (Å²) in [4.78, 5) is 0. The lowest BCUT2D eigenvalue weighted by Gasteiger charge is -2.21. The van der Waals surface area contributed by atoms with Gasteiger partial charge >= 0.3 is 0 Å². The van der Waals surface area contributed by atoms with E-state index < -0.39 is 0 Å². The molecule has 1 fully saturated rings. The van der Waals surface area contributed by atoms with Crippen LogP contribution in [0.2, 0.25) is 5.02 Å². The van der Waals surface area contributed by atoms with Gasteiger partial charge < -0.3 is 5.11 Å². The summed E-state index contributed by atoms with van der Waals surface area (Å²) in [5, 5.41) is 11.0. The summed E-state index contributed by atoms with van der Waals surface area (Å²) in [6.45, 7) is 4.55. The Labute approximate surface area is 102 Å². The highest BCUT2D eigenvalue weighted by Gasteiger charge is 2.35. The monoisotopic (exact) mass is 238 g/mol. The minimum Gasteiger partial charge on any atom is -0.388 e. The quantitative estimate of drug-likeness (QED) is 0.819. The maximum atomic E-state index is 10.3. The molecule has 1 saturated carbocycles. The van der Waals surface area contributed by atoms with Crippen molar-refractivity contribution in [2.75, 3.05) is 0 Å². The topological polar surface area (TPSA) is 20.2 Å². The molecule has 2 rings (SSSR count). The predicted molar refractivity (Wildman–Crippen MR) is 67.5 cm³/mol. The van der Waals surface area contributed by atoms with E-state index in [0.29, 0.717) is 16.4 Å². The predicted octanol–water partition coefficient (Wildman–Crippen LogP) is 4.20. The molecule has 16 heavy (non-hydrogen) atoms. The first kappa shape index (κ1) is 11.9. The van der Waals surface area contributed by atoms with Crippen LogP contribution in [0.1, 0.15) is 44.8 Å². The van der Waals surface area contributed by atoms with Gasteiger partial charge in [-0.3, -0.25) is 0 Å². The smallest absolute Gasteiger partial charge is 0.0818 e. The van der Waals surface area contributed by atoms with Crippen LogP contribution >= 0.6 is 11.6 Å². The summed E-state index contributed by atoms with van der Waals surface area (Å²) in [5.41, 5.74) is 1.33. The molecule has 0 spiro atoms. The van der Waals surface area contributed by atoms with Crippen molar-refractivity contribution in [3.8, 4) is 0 Å². The summed E-state index contributed by atoms with van der Waals surface area (Å²) in [5.74, 6) is 0.383. The number of aliphatic hydroxyl groups is 1. The van der Waals surface area contributed by atoms with Crippen LogP contribution in [-0.4, -0.2) is 5.11 Å². The average Bonchev–Trinajstić information content (AvgIpc) is 2.58. The van der Waals surface area contributed by atoms with Crippen LogP contribution in [0.15, 0.2) is 24.3 Å². The second-order valence-corrected chi connectivity index (χ2v) is 6.10. The van der Waals surface area contributed by atoms with Crippen LogP contribution in [0.4, 0.5) is 0 Å². The molecular weight excluding hydrogens is 220 g/mol. The number of hydrogen-bond acceptors (Lipinski definition) is 1. The maximum Gasteiger partial charge on any atom is 0.0818 e. The van der Waals surface area contributed by atoms with Gasteiger partial charge in [-0.2, -0.15) is 0 Å². The zero-order valence-corrected chi connectivity index (χ0v) is 10.7. The van der Waals surface area contributed by atoms with Crippen molar-refractivity contribution in [2.45, 2.75) is 39.2 Å².